The predicted octanol–water partition coefficient (Wildman–Crippen LogP) is 4.26. The monoisotopic (exact) mass is 472 g/mol. The molecule has 2 N–H and O–H groups in total. The maximum absolute atomic E-state index is 13.0. The van der Waals surface area contributed by atoms with Gasteiger partial charge in [-0.05, 0) is 50.6 Å². The number of halogens is 3. The molecular weight excluding hydrogens is 449 g/mol. The zero-order chi connectivity index (χ0) is 24.7. The Morgan fingerprint density at radius 2 is 1.91 bits per heavy atom. The minimum Gasteiger partial charge on any atom is -0.390 e. The molecule has 0 spiro atoms. The molecule has 0 bridgehead atoms. The van der Waals surface area contributed by atoms with Crippen LogP contribution in [-0.4, -0.2) is 41.2 Å². The molecule has 34 heavy (non-hydrogen) atoms. The van der Waals surface area contributed by atoms with Gasteiger partial charge in [0.1, 0.15) is 11.4 Å². The molecule has 3 heterocycles. The lowest BCUT2D eigenvalue weighted by atomic mass is 10.1. The first-order valence-electron chi connectivity index (χ1n) is 10.5. The second-order valence-electron chi connectivity index (χ2n) is 8.65. The van der Waals surface area contributed by atoms with Gasteiger partial charge < -0.3 is 10.4 Å². The van der Waals surface area contributed by atoms with Crippen LogP contribution in [0.5, 0.6) is 0 Å². The van der Waals surface area contributed by atoms with Crippen LogP contribution in [-0.2, 0) is 19.8 Å². The van der Waals surface area contributed by atoms with Crippen molar-refractivity contribution in [3.8, 4) is 11.3 Å². The highest BCUT2D eigenvalue weighted by Crippen LogP contribution is 2.32. The number of benzene rings is 1. The number of rotatable bonds is 6. The van der Waals surface area contributed by atoms with Crippen molar-refractivity contribution in [1.82, 2.24) is 24.5 Å². The number of carbonyl (C=O) groups excluding carboxylic acids is 1. The van der Waals surface area contributed by atoms with Crippen LogP contribution in [0.25, 0.3) is 22.2 Å². The molecule has 1 amide bonds. The van der Waals surface area contributed by atoms with Crippen molar-refractivity contribution in [2.45, 2.75) is 38.6 Å². The number of aliphatic hydroxyl groups is 1. The molecule has 0 saturated heterocycles. The van der Waals surface area contributed by atoms with E-state index in [2.05, 4.69) is 20.5 Å². The highest BCUT2D eigenvalue weighted by Gasteiger charge is 2.33. The zero-order valence-corrected chi connectivity index (χ0v) is 18.8. The number of fused-ring (bicyclic) bond motifs is 1. The fourth-order valence-corrected chi connectivity index (χ4v) is 3.40. The maximum atomic E-state index is 13.0. The molecule has 0 atom stereocenters. The van der Waals surface area contributed by atoms with Gasteiger partial charge in [0.25, 0.3) is 5.91 Å². The molecule has 8 nitrogen and oxygen atoms in total. The molecule has 4 aromatic rings. The van der Waals surface area contributed by atoms with Crippen LogP contribution in [0, 0.1) is 0 Å². The summed E-state index contributed by atoms with van der Waals surface area (Å²) in [5.74, 6) is -0.781. The number of anilines is 1. The fraction of sp³-hybridized carbons (Fsp3) is 0.304. The molecule has 0 aliphatic carbocycles. The van der Waals surface area contributed by atoms with Crippen LogP contribution in [0.15, 0.2) is 48.8 Å². The van der Waals surface area contributed by atoms with E-state index in [0.29, 0.717) is 40.8 Å². The largest absolute Gasteiger partial charge is 0.433 e. The first-order chi connectivity index (χ1) is 15.9. The third kappa shape index (κ3) is 5.25. The zero-order valence-electron chi connectivity index (χ0n) is 18.8. The first-order valence-corrected chi connectivity index (χ1v) is 10.5. The summed E-state index contributed by atoms with van der Waals surface area (Å²) in [5, 5.41) is 22.3. The van der Waals surface area contributed by atoms with E-state index in [1.807, 2.05) is 0 Å². The average molecular weight is 472 g/mol. The van der Waals surface area contributed by atoms with E-state index in [4.69, 9.17) is 0 Å². The number of hydrogen-bond acceptors (Lipinski definition) is 5. The van der Waals surface area contributed by atoms with E-state index >= 15 is 0 Å². The fourth-order valence-electron chi connectivity index (χ4n) is 3.40. The second kappa shape index (κ2) is 8.56. The lowest BCUT2D eigenvalue weighted by Crippen LogP contribution is -2.21. The molecule has 4 rings (SSSR count). The minimum absolute atomic E-state index is 0.359. The summed E-state index contributed by atoms with van der Waals surface area (Å²) in [5.41, 5.74) is -0.238. The topological polar surface area (TPSA) is 97.9 Å². The van der Waals surface area contributed by atoms with Gasteiger partial charge >= 0.3 is 6.18 Å². The van der Waals surface area contributed by atoms with Gasteiger partial charge in [0.05, 0.1) is 22.5 Å². The van der Waals surface area contributed by atoms with Crippen molar-refractivity contribution >= 4 is 22.5 Å². The molecule has 1 aromatic carbocycles. The number of nitrogens with one attached hydrogen (secondary N) is 1. The Morgan fingerprint density at radius 1 is 1.15 bits per heavy atom. The Bertz CT molecular complexity index is 1350. The van der Waals surface area contributed by atoms with Crippen LogP contribution in [0.3, 0.4) is 0 Å². The van der Waals surface area contributed by atoms with E-state index in [1.54, 1.807) is 60.9 Å². The van der Waals surface area contributed by atoms with Gasteiger partial charge in [-0.25, -0.2) is 4.98 Å². The van der Waals surface area contributed by atoms with Gasteiger partial charge in [-0.1, -0.05) is 6.07 Å². The van der Waals surface area contributed by atoms with Crippen molar-refractivity contribution < 1.29 is 23.1 Å². The number of amides is 1. The third-order valence-corrected chi connectivity index (χ3v) is 5.15. The summed E-state index contributed by atoms with van der Waals surface area (Å²) in [6, 6.07) is 8.37. The molecule has 178 valence electrons. The number of hydrogen-bond donors (Lipinski definition) is 2. The van der Waals surface area contributed by atoms with Crippen molar-refractivity contribution in [3.63, 3.8) is 0 Å². The van der Waals surface area contributed by atoms with Crippen molar-refractivity contribution in [1.29, 1.82) is 0 Å². The molecule has 0 saturated carbocycles. The van der Waals surface area contributed by atoms with Gasteiger partial charge in [0.2, 0.25) is 0 Å². The predicted molar refractivity (Wildman–Crippen MR) is 120 cm³/mol. The molecule has 0 radical (unpaired) electrons. The second-order valence-corrected chi connectivity index (χ2v) is 8.65. The highest BCUT2D eigenvalue weighted by molar-refractivity contribution is 6.06. The van der Waals surface area contributed by atoms with Crippen LogP contribution in [0.2, 0.25) is 0 Å². The molecule has 0 aliphatic heterocycles. The summed E-state index contributed by atoms with van der Waals surface area (Å²) < 4.78 is 42.4. The van der Waals surface area contributed by atoms with Gasteiger partial charge in [0, 0.05) is 36.9 Å². The normalized spacial score (nSPS) is 12.3. The molecule has 11 heteroatoms. The lowest BCUT2D eigenvalue weighted by molar-refractivity contribution is -0.141. The van der Waals surface area contributed by atoms with E-state index in [-0.39, 0.29) is 5.69 Å². The van der Waals surface area contributed by atoms with Crippen molar-refractivity contribution in [2.24, 2.45) is 7.05 Å². The van der Waals surface area contributed by atoms with Crippen LogP contribution < -0.4 is 5.32 Å². The van der Waals surface area contributed by atoms with Gasteiger partial charge in [-0.3, -0.25) is 14.2 Å². The van der Waals surface area contributed by atoms with Gasteiger partial charge in [0.15, 0.2) is 0 Å². The Balaban J connectivity index is 1.72. The van der Waals surface area contributed by atoms with Crippen LogP contribution >= 0.6 is 0 Å². The van der Waals surface area contributed by atoms with E-state index in [9.17, 15) is 23.1 Å². The lowest BCUT2D eigenvalue weighted by Gasteiger charge is -2.16. The maximum Gasteiger partial charge on any atom is 0.433 e. The average Bonchev–Trinajstić information content (AvgIpc) is 3.36. The molecule has 0 aliphatic rings. The third-order valence-electron chi connectivity index (χ3n) is 5.15. The summed E-state index contributed by atoms with van der Waals surface area (Å²) in [6.07, 6.45) is -0.659. The van der Waals surface area contributed by atoms with E-state index in [1.165, 1.54) is 6.07 Å². The first kappa shape index (κ1) is 23.4. The van der Waals surface area contributed by atoms with Gasteiger partial charge in [-0.15, -0.1) is 0 Å². The minimum atomic E-state index is -4.66. The Morgan fingerprint density at radius 3 is 2.56 bits per heavy atom. The standard InChI is InChI=1S/C23H23F3N6O2/c1-22(2,34)8-10-32-13-14-11-19(15(12-18(14)30-32)16-7-9-31(3)29-16)28-21(33)17-5-4-6-20(27-17)23(24,25)26/h4-7,9,11-13,34H,8,10H2,1-3H3,(H,28,33). The summed E-state index contributed by atoms with van der Waals surface area (Å²) in [4.78, 5) is 16.3. The van der Waals surface area contributed by atoms with E-state index in [0.717, 1.165) is 12.1 Å². The molecule has 0 unspecified atom stereocenters. The quantitative estimate of drug-likeness (QED) is 0.437. The Kier molecular flexibility index (Phi) is 5.90. The number of alkyl halides is 3. The summed E-state index contributed by atoms with van der Waals surface area (Å²) >= 11 is 0. The number of carbonyl (C=O) groups is 1. The highest BCUT2D eigenvalue weighted by atomic mass is 19.4. The van der Waals surface area contributed by atoms with E-state index < -0.39 is 23.4 Å². The van der Waals surface area contributed by atoms with Crippen molar-refractivity contribution in [2.75, 3.05) is 5.32 Å². The van der Waals surface area contributed by atoms with Crippen LogP contribution in [0.1, 0.15) is 36.5 Å². The molecule has 0 fully saturated rings. The molecular formula is C23H23F3N6O2. The smallest absolute Gasteiger partial charge is 0.390 e. The summed E-state index contributed by atoms with van der Waals surface area (Å²) in [6.45, 7) is 3.91. The van der Waals surface area contributed by atoms with Crippen LogP contribution in [0.4, 0.5) is 18.9 Å². The number of nitrogens with zero attached hydrogens (tertiary/aromatic N) is 5. The molecule has 3 aromatic heterocycles. The Hall–Kier alpha value is -3.73. The number of pyridine rings is 1. The summed E-state index contributed by atoms with van der Waals surface area (Å²) in [7, 11) is 1.75. The van der Waals surface area contributed by atoms with Crippen molar-refractivity contribution in [3.05, 3.63) is 60.2 Å². The number of aryl methyl sites for hydroxylation is 2. The Labute approximate surface area is 193 Å². The SMILES string of the molecule is Cn1ccc(-c2cc3nn(CCC(C)(C)O)cc3cc2NC(=O)c2cccc(C(F)(F)F)n2)n1. The van der Waals surface area contributed by atoms with Gasteiger partial charge in [-0.2, -0.15) is 23.4 Å². The number of aromatic nitrogens is 5.